The van der Waals surface area contributed by atoms with E-state index >= 15 is 0 Å². The van der Waals surface area contributed by atoms with Gasteiger partial charge in [-0.25, -0.2) is 9.97 Å². The fraction of sp³-hybridized carbons (Fsp3) is 0. The van der Waals surface area contributed by atoms with Crippen LogP contribution >= 0.6 is 0 Å². The molecular weight excluding hydrogens is 276 g/mol. The van der Waals surface area contributed by atoms with E-state index in [1.807, 2.05) is 24.3 Å². The van der Waals surface area contributed by atoms with E-state index in [0.29, 0.717) is 11.0 Å². The van der Waals surface area contributed by atoms with Crippen LogP contribution in [0, 0.1) is 45.3 Å². The van der Waals surface area contributed by atoms with Gasteiger partial charge in [-0.15, -0.1) is 0 Å². The monoisotopic (exact) mass is 280 g/mol. The molecule has 98 valence electrons. The Morgan fingerprint density at radius 1 is 0.591 bits per heavy atom. The third-order valence-electron chi connectivity index (χ3n) is 3.24. The number of rotatable bonds is 0. The zero-order valence-electron chi connectivity index (χ0n) is 11.0. The second-order valence-electron chi connectivity index (χ2n) is 4.36. The highest BCUT2D eigenvalue weighted by Gasteiger charge is 2.22. The van der Waals surface area contributed by atoms with Crippen molar-refractivity contribution in [1.29, 1.82) is 21.0 Å². The van der Waals surface area contributed by atoms with Crippen LogP contribution in [0.3, 0.4) is 0 Å². The first-order valence-electron chi connectivity index (χ1n) is 6.12. The number of fused-ring (bicyclic) bond motifs is 2. The third kappa shape index (κ3) is 1.63. The van der Waals surface area contributed by atoms with Gasteiger partial charge in [0.25, 0.3) is 0 Å². The normalized spacial score (nSPS) is 9.64. The van der Waals surface area contributed by atoms with E-state index in [1.165, 1.54) is 0 Å². The van der Waals surface area contributed by atoms with Crippen molar-refractivity contribution < 1.29 is 0 Å². The fourth-order valence-corrected chi connectivity index (χ4v) is 2.28. The summed E-state index contributed by atoms with van der Waals surface area (Å²) in [5.41, 5.74) is 1.06. The predicted octanol–water partition coefficient (Wildman–Crippen LogP) is 2.27. The zero-order chi connectivity index (χ0) is 15.7. The molecule has 0 spiro atoms. The molecule has 0 radical (unpaired) electrons. The van der Waals surface area contributed by atoms with E-state index in [1.54, 1.807) is 24.3 Å². The van der Waals surface area contributed by atoms with Crippen LogP contribution in [0.5, 0.6) is 0 Å². The maximum Gasteiger partial charge on any atom is 0.110 e. The Morgan fingerprint density at radius 3 is 1.27 bits per heavy atom. The maximum absolute atomic E-state index is 9.34. The van der Waals surface area contributed by atoms with Crippen molar-refractivity contribution in [2.75, 3.05) is 0 Å². The predicted molar refractivity (Wildman–Crippen MR) is 75.9 cm³/mol. The lowest BCUT2D eigenvalue weighted by molar-refractivity contribution is 1.32. The highest BCUT2D eigenvalue weighted by atomic mass is 14.8. The van der Waals surface area contributed by atoms with E-state index in [2.05, 4.69) is 9.97 Å². The van der Waals surface area contributed by atoms with Gasteiger partial charge < -0.3 is 0 Å². The average molecular weight is 280 g/mol. The van der Waals surface area contributed by atoms with Gasteiger partial charge in [-0.2, -0.15) is 21.0 Å². The van der Waals surface area contributed by atoms with Crippen LogP contribution < -0.4 is 0 Å². The zero-order valence-corrected chi connectivity index (χ0v) is 11.0. The van der Waals surface area contributed by atoms with Gasteiger partial charge in [0.1, 0.15) is 35.3 Å². The molecule has 0 N–H and O–H groups in total. The van der Waals surface area contributed by atoms with Gasteiger partial charge in [-0.3, -0.25) is 0 Å². The third-order valence-corrected chi connectivity index (χ3v) is 3.24. The SMILES string of the molecule is N#Cc1c(C#N)c(C#N)c2nc3ccccc3nc2c1C#N. The molecule has 0 saturated carbocycles. The summed E-state index contributed by atoms with van der Waals surface area (Å²) >= 11 is 0. The molecule has 22 heavy (non-hydrogen) atoms. The standard InChI is InChI=1S/C16H4N6/c17-5-9-10(6-18)12(8-20)16-15(11(9)7-19)21-13-3-1-2-4-14(13)22-16/h1-4H. The van der Waals surface area contributed by atoms with Crippen LogP contribution in [0.15, 0.2) is 24.3 Å². The first-order chi connectivity index (χ1) is 10.7. The van der Waals surface area contributed by atoms with Gasteiger partial charge in [0.2, 0.25) is 0 Å². The first kappa shape index (κ1) is 13.0. The van der Waals surface area contributed by atoms with Crippen molar-refractivity contribution in [1.82, 2.24) is 9.97 Å². The molecule has 0 aliphatic carbocycles. The summed E-state index contributed by atoms with van der Waals surface area (Å²) in [5.74, 6) is 0. The van der Waals surface area contributed by atoms with E-state index in [-0.39, 0.29) is 33.3 Å². The molecule has 0 aliphatic rings. The summed E-state index contributed by atoms with van der Waals surface area (Å²) in [6, 6.07) is 14.4. The molecule has 0 atom stereocenters. The topological polar surface area (TPSA) is 121 Å². The van der Waals surface area contributed by atoms with Crippen LogP contribution in [0.1, 0.15) is 22.3 Å². The number of para-hydroxylation sites is 2. The van der Waals surface area contributed by atoms with E-state index in [0.717, 1.165) is 0 Å². The lowest BCUT2D eigenvalue weighted by Crippen LogP contribution is -2.01. The molecule has 6 nitrogen and oxygen atoms in total. The molecule has 3 aromatic rings. The van der Waals surface area contributed by atoms with Crippen molar-refractivity contribution in [3.05, 3.63) is 46.5 Å². The van der Waals surface area contributed by atoms with Crippen molar-refractivity contribution >= 4 is 22.1 Å². The van der Waals surface area contributed by atoms with E-state index in [9.17, 15) is 21.0 Å². The highest BCUT2D eigenvalue weighted by Crippen LogP contribution is 2.28. The van der Waals surface area contributed by atoms with Gasteiger partial charge >= 0.3 is 0 Å². The van der Waals surface area contributed by atoms with Crippen molar-refractivity contribution in [2.45, 2.75) is 0 Å². The number of hydrogen-bond acceptors (Lipinski definition) is 6. The fourth-order valence-electron chi connectivity index (χ4n) is 2.28. The summed E-state index contributed by atoms with van der Waals surface area (Å²) in [5, 5.41) is 37.2. The molecule has 0 saturated heterocycles. The number of nitrogens with zero attached hydrogens (tertiary/aromatic N) is 6. The minimum atomic E-state index is -0.140. The second kappa shape index (κ2) is 4.84. The Labute approximate surface area is 124 Å². The lowest BCUT2D eigenvalue weighted by Gasteiger charge is -2.07. The quantitative estimate of drug-likeness (QED) is 0.582. The van der Waals surface area contributed by atoms with Gasteiger partial charge in [0, 0.05) is 0 Å². The molecule has 6 heteroatoms. The van der Waals surface area contributed by atoms with Gasteiger partial charge in [-0.1, -0.05) is 12.1 Å². The van der Waals surface area contributed by atoms with Crippen molar-refractivity contribution in [2.24, 2.45) is 0 Å². The van der Waals surface area contributed by atoms with Gasteiger partial charge in [0.05, 0.1) is 33.3 Å². The molecule has 0 aliphatic heterocycles. The van der Waals surface area contributed by atoms with E-state index < -0.39 is 0 Å². The first-order valence-corrected chi connectivity index (χ1v) is 6.12. The summed E-state index contributed by atoms with van der Waals surface area (Å²) < 4.78 is 0. The smallest absolute Gasteiger partial charge is 0.110 e. The van der Waals surface area contributed by atoms with Gasteiger partial charge in [0.15, 0.2) is 0 Å². The molecule has 1 heterocycles. The van der Waals surface area contributed by atoms with E-state index in [4.69, 9.17) is 0 Å². The number of hydrogen-bond donors (Lipinski definition) is 0. The average Bonchev–Trinajstić information content (AvgIpc) is 2.57. The van der Waals surface area contributed by atoms with Crippen molar-refractivity contribution in [3.8, 4) is 24.3 Å². The molecule has 0 unspecified atom stereocenters. The van der Waals surface area contributed by atoms with Crippen LogP contribution in [-0.2, 0) is 0 Å². The summed E-state index contributed by atoms with van der Waals surface area (Å²) in [6.07, 6.45) is 0. The summed E-state index contributed by atoms with van der Waals surface area (Å²) in [4.78, 5) is 8.69. The van der Waals surface area contributed by atoms with Gasteiger partial charge in [-0.05, 0) is 12.1 Å². The van der Waals surface area contributed by atoms with Crippen LogP contribution in [0.2, 0.25) is 0 Å². The Morgan fingerprint density at radius 2 is 0.955 bits per heavy atom. The molecule has 0 amide bonds. The Bertz CT molecular complexity index is 1030. The van der Waals surface area contributed by atoms with Crippen LogP contribution in [0.25, 0.3) is 22.1 Å². The summed E-state index contributed by atoms with van der Waals surface area (Å²) in [6.45, 7) is 0. The molecule has 3 rings (SSSR count). The van der Waals surface area contributed by atoms with Crippen molar-refractivity contribution in [3.63, 3.8) is 0 Å². The number of nitriles is 4. The Hall–Kier alpha value is -4.00. The Kier molecular flexibility index (Phi) is 2.86. The minimum Gasteiger partial charge on any atom is -0.243 e. The molecule has 1 aromatic heterocycles. The Balaban J connectivity index is 2.69. The van der Waals surface area contributed by atoms with Crippen LogP contribution in [-0.4, -0.2) is 9.97 Å². The number of aromatic nitrogens is 2. The lowest BCUT2D eigenvalue weighted by atomic mass is 9.95. The molecule has 2 aromatic carbocycles. The molecule has 0 fully saturated rings. The number of benzene rings is 2. The maximum atomic E-state index is 9.34. The molecule has 0 bridgehead atoms. The second-order valence-corrected chi connectivity index (χ2v) is 4.36. The van der Waals surface area contributed by atoms with Crippen LogP contribution in [0.4, 0.5) is 0 Å². The minimum absolute atomic E-state index is 0.0358. The molecular formula is C16H4N6. The highest BCUT2D eigenvalue weighted by molar-refractivity contribution is 5.96. The largest absolute Gasteiger partial charge is 0.243 e. The summed E-state index contributed by atoms with van der Waals surface area (Å²) in [7, 11) is 0.